The van der Waals surface area contributed by atoms with Crippen molar-refractivity contribution in [2.24, 2.45) is 7.05 Å². The lowest BCUT2D eigenvalue weighted by atomic mass is 10.0. The molecule has 0 fully saturated rings. The molecule has 1 amide bonds. The highest BCUT2D eigenvalue weighted by molar-refractivity contribution is 5.97. The van der Waals surface area contributed by atoms with Gasteiger partial charge < -0.3 is 10.4 Å². The fourth-order valence-electron chi connectivity index (χ4n) is 2.70. The van der Waals surface area contributed by atoms with Crippen LogP contribution in [-0.2, 0) is 7.05 Å². The van der Waals surface area contributed by atoms with Gasteiger partial charge in [0.05, 0.1) is 11.6 Å². The van der Waals surface area contributed by atoms with E-state index >= 15 is 0 Å². The summed E-state index contributed by atoms with van der Waals surface area (Å²) >= 11 is 0. The molecule has 2 unspecified atom stereocenters. The van der Waals surface area contributed by atoms with Gasteiger partial charge >= 0.3 is 0 Å². The van der Waals surface area contributed by atoms with Gasteiger partial charge in [0.15, 0.2) is 0 Å². The van der Waals surface area contributed by atoms with Crippen LogP contribution in [0.2, 0.25) is 0 Å². The lowest BCUT2D eigenvalue weighted by Gasteiger charge is -2.18. The van der Waals surface area contributed by atoms with Crippen molar-refractivity contribution < 1.29 is 14.3 Å². The molecule has 0 saturated heterocycles. The van der Waals surface area contributed by atoms with Crippen molar-refractivity contribution in [3.8, 4) is 0 Å². The normalized spacial score (nSPS) is 13.6. The number of aliphatic hydroxyl groups is 1. The van der Waals surface area contributed by atoms with Crippen molar-refractivity contribution in [3.63, 3.8) is 0 Å². The molecular formula is C18H19FN4O2. The minimum Gasteiger partial charge on any atom is -0.388 e. The third kappa shape index (κ3) is 3.83. The quantitative estimate of drug-likeness (QED) is 0.746. The average molecular weight is 342 g/mol. The standard InChI is InChI=1S/C18H19FN4O2/c1-11(9-17(24)12-3-6-14(19)7-4-12)20-18(25)13-5-8-16-15(10-13)21-22-23(16)2/h3-8,10-11,17,24H,9H2,1-2H3,(H,20,25). The number of benzene rings is 2. The highest BCUT2D eigenvalue weighted by atomic mass is 19.1. The van der Waals surface area contributed by atoms with E-state index in [-0.39, 0.29) is 17.8 Å². The Labute approximate surface area is 144 Å². The minimum absolute atomic E-state index is 0.244. The van der Waals surface area contributed by atoms with Crippen LogP contribution in [0, 0.1) is 5.82 Å². The van der Waals surface area contributed by atoms with Crippen molar-refractivity contribution in [1.29, 1.82) is 0 Å². The van der Waals surface area contributed by atoms with Crippen molar-refractivity contribution in [2.75, 3.05) is 0 Å². The van der Waals surface area contributed by atoms with Gasteiger partial charge in [-0.15, -0.1) is 5.10 Å². The first-order valence-corrected chi connectivity index (χ1v) is 7.98. The minimum atomic E-state index is -0.779. The highest BCUT2D eigenvalue weighted by Gasteiger charge is 2.16. The van der Waals surface area contributed by atoms with Crippen LogP contribution >= 0.6 is 0 Å². The summed E-state index contributed by atoms with van der Waals surface area (Å²) < 4.78 is 14.6. The molecule has 7 heteroatoms. The van der Waals surface area contributed by atoms with Crippen LogP contribution in [0.4, 0.5) is 4.39 Å². The molecule has 0 radical (unpaired) electrons. The predicted octanol–water partition coefficient (Wildman–Crippen LogP) is 2.35. The van der Waals surface area contributed by atoms with Gasteiger partial charge in [-0.3, -0.25) is 4.79 Å². The number of carbonyl (C=O) groups is 1. The molecule has 6 nitrogen and oxygen atoms in total. The Morgan fingerprint density at radius 2 is 2.00 bits per heavy atom. The maximum atomic E-state index is 12.9. The number of aryl methyl sites for hydroxylation is 1. The number of halogens is 1. The summed E-state index contributed by atoms with van der Waals surface area (Å²) in [6.45, 7) is 1.81. The molecular weight excluding hydrogens is 323 g/mol. The largest absolute Gasteiger partial charge is 0.388 e. The lowest BCUT2D eigenvalue weighted by Crippen LogP contribution is -2.33. The number of nitrogens with zero attached hydrogens (tertiary/aromatic N) is 3. The monoisotopic (exact) mass is 342 g/mol. The molecule has 25 heavy (non-hydrogen) atoms. The second-order valence-corrected chi connectivity index (χ2v) is 6.09. The third-order valence-electron chi connectivity index (χ3n) is 4.08. The van der Waals surface area contributed by atoms with Crippen LogP contribution in [0.15, 0.2) is 42.5 Å². The summed E-state index contributed by atoms with van der Waals surface area (Å²) in [7, 11) is 1.79. The SMILES string of the molecule is CC(CC(O)c1ccc(F)cc1)NC(=O)c1ccc2c(c1)nnn2C. The first kappa shape index (κ1) is 17.0. The summed E-state index contributed by atoms with van der Waals surface area (Å²) in [6, 6.07) is 10.6. The number of carbonyl (C=O) groups excluding carboxylic acids is 1. The van der Waals surface area contributed by atoms with Gasteiger partial charge in [0.1, 0.15) is 11.3 Å². The zero-order valence-corrected chi connectivity index (χ0v) is 14.0. The average Bonchev–Trinajstić information content (AvgIpc) is 2.96. The molecule has 0 aliphatic carbocycles. The molecule has 0 aliphatic rings. The van der Waals surface area contributed by atoms with Crippen LogP contribution in [0.25, 0.3) is 11.0 Å². The van der Waals surface area contributed by atoms with Gasteiger partial charge in [-0.05, 0) is 49.2 Å². The Bertz CT molecular complexity index is 892. The predicted molar refractivity (Wildman–Crippen MR) is 91.4 cm³/mol. The summed E-state index contributed by atoms with van der Waals surface area (Å²) in [5, 5.41) is 21.0. The van der Waals surface area contributed by atoms with E-state index in [1.165, 1.54) is 24.3 Å². The second-order valence-electron chi connectivity index (χ2n) is 6.09. The molecule has 3 aromatic rings. The molecule has 0 aliphatic heterocycles. The molecule has 2 aromatic carbocycles. The van der Waals surface area contributed by atoms with Crippen LogP contribution in [0.1, 0.15) is 35.4 Å². The summed E-state index contributed by atoms with van der Waals surface area (Å²) in [6.07, 6.45) is -0.455. The van der Waals surface area contributed by atoms with Crippen LogP contribution in [0.5, 0.6) is 0 Å². The number of hydrogen-bond acceptors (Lipinski definition) is 4. The van der Waals surface area contributed by atoms with E-state index in [1.807, 2.05) is 6.92 Å². The van der Waals surface area contributed by atoms with E-state index in [0.717, 1.165) is 5.52 Å². The smallest absolute Gasteiger partial charge is 0.251 e. The Kier molecular flexibility index (Phi) is 4.76. The first-order chi connectivity index (χ1) is 11.9. The molecule has 1 aromatic heterocycles. The number of aliphatic hydroxyl groups excluding tert-OH is 1. The summed E-state index contributed by atoms with van der Waals surface area (Å²) in [5.74, 6) is -0.594. The molecule has 2 atom stereocenters. The number of fused-ring (bicyclic) bond motifs is 1. The molecule has 1 heterocycles. The van der Waals surface area contributed by atoms with Gasteiger partial charge in [0, 0.05) is 18.7 Å². The molecule has 0 bridgehead atoms. The topological polar surface area (TPSA) is 80.0 Å². The van der Waals surface area contributed by atoms with Gasteiger partial charge in [0.2, 0.25) is 0 Å². The zero-order chi connectivity index (χ0) is 18.0. The Morgan fingerprint density at radius 3 is 2.72 bits per heavy atom. The fraction of sp³-hybridized carbons (Fsp3) is 0.278. The summed E-state index contributed by atoms with van der Waals surface area (Å²) in [5.41, 5.74) is 2.59. The third-order valence-corrected chi connectivity index (χ3v) is 4.08. The number of amides is 1. The zero-order valence-electron chi connectivity index (χ0n) is 14.0. The van der Waals surface area contributed by atoms with E-state index in [1.54, 1.807) is 29.9 Å². The van der Waals surface area contributed by atoms with Crippen molar-refractivity contribution >= 4 is 16.9 Å². The number of rotatable bonds is 5. The van der Waals surface area contributed by atoms with E-state index in [2.05, 4.69) is 15.6 Å². The Balaban J connectivity index is 1.63. The number of hydrogen-bond donors (Lipinski definition) is 2. The molecule has 2 N–H and O–H groups in total. The van der Waals surface area contributed by atoms with Gasteiger partial charge in [0.25, 0.3) is 5.91 Å². The fourth-order valence-corrected chi connectivity index (χ4v) is 2.70. The Hall–Kier alpha value is -2.80. The maximum absolute atomic E-state index is 12.9. The molecule has 0 spiro atoms. The number of nitrogens with one attached hydrogen (secondary N) is 1. The van der Waals surface area contributed by atoms with Crippen molar-refractivity contribution in [1.82, 2.24) is 20.3 Å². The van der Waals surface area contributed by atoms with E-state index in [9.17, 15) is 14.3 Å². The summed E-state index contributed by atoms with van der Waals surface area (Å²) in [4.78, 5) is 12.4. The van der Waals surface area contributed by atoms with E-state index in [4.69, 9.17) is 0 Å². The lowest BCUT2D eigenvalue weighted by molar-refractivity contribution is 0.0917. The van der Waals surface area contributed by atoms with E-state index < -0.39 is 6.10 Å². The van der Waals surface area contributed by atoms with Crippen molar-refractivity contribution in [3.05, 3.63) is 59.4 Å². The van der Waals surface area contributed by atoms with Crippen LogP contribution in [-0.4, -0.2) is 32.0 Å². The Morgan fingerprint density at radius 1 is 1.28 bits per heavy atom. The molecule has 3 rings (SSSR count). The molecule has 0 saturated carbocycles. The number of aromatic nitrogens is 3. The maximum Gasteiger partial charge on any atom is 0.251 e. The van der Waals surface area contributed by atoms with Gasteiger partial charge in [-0.1, -0.05) is 17.3 Å². The second kappa shape index (κ2) is 6.98. The highest BCUT2D eigenvalue weighted by Crippen LogP contribution is 2.19. The first-order valence-electron chi connectivity index (χ1n) is 7.98. The molecule has 130 valence electrons. The van der Waals surface area contributed by atoms with E-state index in [0.29, 0.717) is 23.1 Å². The van der Waals surface area contributed by atoms with Crippen LogP contribution < -0.4 is 5.32 Å². The van der Waals surface area contributed by atoms with Gasteiger partial charge in [-0.2, -0.15) is 0 Å². The van der Waals surface area contributed by atoms with Crippen molar-refractivity contribution in [2.45, 2.75) is 25.5 Å². The van der Waals surface area contributed by atoms with Gasteiger partial charge in [-0.25, -0.2) is 9.07 Å². The van der Waals surface area contributed by atoms with Crippen LogP contribution in [0.3, 0.4) is 0 Å².